The lowest BCUT2D eigenvalue weighted by molar-refractivity contribution is -0.387. The maximum absolute atomic E-state index is 13.2. The van der Waals surface area contributed by atoms with E-state index in [0.29, 0.717) is 0 Å². The molecule has 104 valence electrons. The Hall–Kier alpha value is -2.49. The van der Waals surface area contributed by atoms with Gasteiger partial charge in [-0.3, -0.25) is 20.3 Å². The number of halogens is 2. The second-order valence-electron chi connectivity index (χ2n) is 3.18. The van der Waals surface area contributed by atoms with Crippen molar-refractivity contribution >= 4 is 11.6 Å². The first kappa shape index (κ1) is 14.6. The molecule has 0 unspecified atom stereocenters. The number of amides is 1. The van der Waals surface area contributed by atoms with Crippen LogP contribution in [0.3, 0.4) is 0 Å². The molecule has 1 aromatic carbocycles. The Kier molecular flexibility index (Phi) is 4.17. The fourth-order valence-electron chi connectivity index (χ4n) is 1.12. The van der Waals surface area contributed by atoms with Gasteiger partial charge in [-0.25, -0.2) is 5.84 Å². The van der Waals surface area contributed by atoms with Gasteiger partial charge < -0.3 is 9.47 Å². The van der Waals surface area contributed by atoms with Crippen LogP contribution < -0.4 is 20.7 Å². The molecule has 0 aliphatic carbocycles. The van der Waals surface area contributed by atoms with Gasteiger partial charge in [-0.05, 0) is 12.1 Å². The summed E-state index contributed by atoms with van der Waals surface area (Å²) in [6.07, 6.45) is -4.34. The molecule has 0 fully saturated rings. The van der Waals surface area contributed by atoms with E-state index in [4.69, 9.17) is 4.74 Å². The molecule has 0 saturated carbocycles. The minimum atomic E-state index is -4.34. The zero-order chi connectivity index (χ0) is 14.6. The van der Waals surface area contributed by atoms with Crippen LogP contribution >= 0.6 is 0 Å². The highest BCUT2D eigenvalue weighted by molar-refractivity contribution is 5.81. The van der Waals surface area contributed by atoms with Crippen LogP contribution in [-0.4, -0.2) is 24.0 Å². The number of hydrazine groups is 1. The number of hydrogen-bond acceptors (Lipinski definition) is 6. The molecule has 0 spiro atoms. The van der Waals surface area contributed by atoms with E-state index in [0.717, 1.165) is 12.1 Å². The van der Waals surface area contributed by atoms with Gasteiger partial charge in [-0.15, -0.1) is 0 Å². The minimum Gasteiger partial charge on any atom is -0.496 e. The number of nitro groups is 1. The van der Waals surface area contributed by atoms with E-state index in [1.807, 2.05) is 0 Å². The number of alkyl halides is 2. The predicted molar refractivity (Wildman–Crippen MR) is 57.6 cm³/mol. The van der Waals surface area contributed by atoms with Crippen molar-refractivity contribution < 1.29 is 28.0 Å². The fraction of sp³-hybridized carbons (Fsp3) is 0.222. The first-order valence-electron chi connectivity index (χ1n) is 4.72. The number of carbonyl (C=O) groups excluding carboxylic acids is 1. The molecule has 19 heavy (non-hydrogen) atoms. The molecule has 3 N–H and O–H groups in total. The third kappa shape index (κ3) is 3.25. The third-order valence-corrected chi connectivity index (χ3v) is 2.00. The summed E-state index contributed by atoms with van der Waals surface area (Å²) in [6.45, 7) is 0. The first-order valence-corrected chi connectivity index (χ1v) is 4.72. The summed E-state index contributed by atoms with van der Waals surface area (Å²) >= 11 is 0. The third-order valence-electron chi connectivity index (χ3n) is 2.00. The number of hydrogen-bond donors (Lipinski definition) is 2. The smallest absolute Gasteiger partial charge is 0.483 e. The monoisotopic (exact) mass is 277 g/mol. The van der Waals surface area contributed by atoms with Crippen LogP contribution in [0.4, 0.5) is 14.5 Å². The van der Waals surface area contributed by atoms with E-state index < -0.39 is 28.4 Å². The second kappa shape index (κ2) is 5.44. The molecule has 0 saturated heterocycles. The van der Waals surface area contributed by atoms with Crippen molar-refractivity contribution in [3.8, 4) is 11.5 Å². The molecular formula is C9H9F2N3O5. The quantitative estimate of drug-likeness (QED) is 0.351. The van der Waals surface area contributed by atoms with E-state index in [1.165, 1.54) is 18.6 Å². The molecule has 8 nitrogen and oxygen atoms in total. The highest BCUT2D eigenvalue weighted by Gasteiger charge is 2.43. The molecule has 0 atom stereocenters. The maximum Gasteiger partial charge on any atom is 0.483 e. The topological polar surface area (TPSA) is 117 Å². The maximum atomic E-state index is 13.2. The van der Waals surface area contributed by atoms with Crippen LogP contribution in [0.1, 0.15) is 0 Å². The Bertz CT molecular complexity index is 509. The van der Waals surface area contributed by atoms with Gasteiger partial charge in [-0.1, -0.05) is 0 Å². The van der Waals surface area contributed by atoms with Gasteiger partial charge in [0.15, 0.2) is 0 Å². The van der Waals surface area contributed by atoms with Crippen molar-refractivity contribution in [2.24, 2.45) is 5.84 Å². The van der Waals surface area contributed by atoms with Crippen LogP contribution in [-0.2, 0) is 4.79 Å². The summed E-state index contributed by atoms with van der Waals surface area (Å²) in [5.74, 6) is 1.89. The number of benzene rings is 1. The van der Waals surface area contributed by atoms with Gasteiger partial charge in [0, 0.05) is 0 Å². The van der Waals surface area contributed by atoms with Gasteiger partial charge >= 0.3 is 17.7 Å². The van der Waals surface area contributed by atoms with E-state index in [1.54, 1.807) is 0 Å². The lowest BCUT2D eigenvalue weighted by atomic mass is 10.3. The average molecular weight is 277 g/mol. The average Bonchev–Trinajstić information content (AvgIpc) is 2.37. The molecule has 0 radical (unpaired) electrons. The SMILES string of the molecule is COc1ccc(OC(F)(F)C(=O)NN)c([N+](=O)[O-])c1. The normalized spacial score (nSPS) is 10.7. The molecule has 0 aliphatic heterocycles. The fourth-order valence-corrected chi connectivity index (χ4v) is 1.12. The molecule has 0 aliphatic rings. The van der Waals surface area contributed by atoms with Gasteiger partial charge in [0.25, 0.3) is 0 Å². The summed E-state index contributed by atoms with van der Waals surface area (Å²) in [5.41, 5.74) is 0.414. The van der Waals surface area contributed by atoms with Crippen molar-refractivity contribution in [2.45, 2.75) is 6.11 Å². The molecule has 0 bridgehead atoms. The van der Waals surface area contributed by atoms with E-state index in [-0.39, 0.29) is 5.75 Å². The van der Waals surface area contributed by atoms with Crippen molar-refractivity contribution in [1.82, 2.24) is 5.43 Å². The number of methoxy groups -OCH3 is 1. The predicted octanol–water partition coefficient (Wildman–Crippen LogP) is 0.565. The summed E-state index contributed by atoms with van der Waals surface area (Å²) in [6, 6.07) is 2.93. The number of carbonyl (C=O) groups is 1. The Labute approximate surface area is 105 Å². The lowest BCUT2D eigenvalue weighted by Crippen LogP contribution is -2.47. The Morgan fingerprint density at radius 1 is 1.53 bits per heavy atom. The number of nitrogens with zero attached hydrogens (tertiary/aromatic N) is 1. The zero-order valence-corrected chi connectivity index (χ0v) is 9.55. The van der Waals surface area contributed by atoms with Crippen LogP contribution in [0.5, 0.6) is 11.5 Å². The Balaban J connectivity index is 3.14. The largest absolute Gasteiger partial charge is 0.496 e. The summed E-state index contributed by atoms with van der Waals surface area (Å²) in [4.78, 5) is 20.5. The van der Waals surface area contributed by atoms with Crippen molar-refractivity contribution in [3.63, 3.8) is 0 Å². The summed E-state index contributed by atoms with van der Waals surface area (Å²) in [5, 5.41) is 10.7. The van der Waals surface area contributed by atoms with Gasteiger partial charge in [0.05, 0.1) is 18.1 Å². The zero-order valence-electron chi connectivity index (χ0n) is 9.55. The number of nitro benzene ring substituents is 1. The van der Waals surface area contributed by atoms with E-state index in [2.05, 4.69) is 10.6 Å². The van der Waals surface area contributed by atoms with Gasteiger partial charge in [0.2, 0.25) is 5.75 Å². The molecule has 0 heterocycles. The van der Waals surface area contributed by atoms with Crippen molar-refractivity contribution in [1.29, 1.82) is 0 Å². The van der Waals surface area contributed by atoms with E-state index in [9.17, 15) is 23.7 Å². The number of ether oxygens (including phenoxy) is 2. The standard InChI is InChI=1S/C9H9F2N3O5/c1-18-5-2-3-7(6(4-5)14(16)17)19-9(10,11)8(15)13-12/h2-4H,12H2,1H3,(H,13,15). The molecular weight excluding hydrogens is 268 g/mol. The van der Waals surface area contributed by atoms with Crippen molar-refractivity contribution in [2.75, 3.05) is 7.11 Å². The second-order valence-corrected chi connectivity index (χ2v) is 3.18. The summed E-state index contributed by atoms with van der Waals surface area (Å²) in [7, 11) is 1.25. The molecule has 1 amide bonds. The Morgan fingerprint density at radius 3 is 2.63 bits per heavy atom. The number of nitrogens with two attached hydrogens (primary N) is 1. The molecule has 1 aromatic rings. The minimum absolute atomic E-state index is 0.0747. The van der Waals surface area contributed by atoms with Crippen molar-refractivity contribution in [3.05, 3.63) is 28.3 Å². The number of rotatable bonds is 5. The number of nitrogens with one attached hydrogen (secondary N) is 1. The molecule has 1 rings (SSSR count). The molecule has 0 aromatic heterocycles. The van der Waals surface area contributed by atoms with E-state index >= 15 is 0 Å². The lowest BCUT2D eigenvalue weighted by Gasteiger charge is -2.15. The van der Waals surface area contributed by atoms with Crippen LogP contribution in [0.2, 0.25) is 0 Å². The molecule has 10 heteroatoms. The highest BCUT2D eigenvalue weighted by Crippen LogP contribution is 2.34. The first-order chi connectivity index (χ1) is 8.81. The Morgan fingerprint density at radius 2 is 2.16 bits per heavy atom. The van der Waals surface area contributed by atoms with Crippen LogP contribution in [0.25, 0.3) is 0 Å². The van der Waals surface area contributed by atoms with Gasteiger partial charge in [0.1, 0.15) is 5.75 Å². The van der Waals surface area contributed by atoms with Crippen LogP contribution in [0.15, 0.2) is 18.2 Å². The summed E-state index contributed by atoms with van der Waals surface area (Å²) < 4.78 is 35.1. The van der Waals surface area contributed by atoms with Gasteiger partial charge in [-0.2, -0.15) is 8.78 Å². The van der Waals surface area contributed by atoms with Crippen LogP contribution in [0, 0.1) is 10.1 Å². The highest BCUT2D eigenvalue weighted by atomic mass is 19.3.